The van der Waals surface area contributed by atoms with E-state index in [-0.39, 0.29) is 29.2 Å². The van der Waals surface area contributed by atoms with Gasteiger partial charge in [-0.15, -0.1) is 5.10 Å². The number of aromatic nitrogens is 2. The molecule has 0 aliphatic heterocycles. The lowest BCUT2D eigenvalue weighted by molar-refractivity contribution is -0.123. The number of carbonyl (C=O) groups is 2. The Bertz CT molecular complexity index is 729. The van der Waals surface area contributed by atoms with Crippen molar-refractivity contribution in [3.63, 3.8) is 0 Å². The molecule has 2 aliphatic rings. The zero-order valence-electron chi connectivity index (χ0n) is 16.6. The maximum absolute atomic E-state index is 13.2. The predicted molar refractivity (Wildman–Crippen MR) is 106 cm³/mol. The van der Waals surface area contributed by atoms with E-state index < -0.39 is 5.97 Å². The minimum atomic E-state index is -1.04. The van der Waals surface area contributed by atoms with Crippen LogP contribution in [-0.4, -0.2) is 32.8 Å². The topological polar surface area (TPSA) is 75.4 Å². The van der Waals surface area contributed by atoms with Gasteiger partial charge < -0.3 is 5.11 Å². The Labute approximate surface area is 161 Å². The molecule has 0 aromatic carbocycles. The first-order chi connectivity index (χ1) is 12.9. The van der Waals surface area contributed by atoms with Crippen LogP contribution in [0.5, 0.6) is 0 Å². The molecule has 1 atom stereocenters. The summed E-state index contributed by atoms with van der Waals surface area (Å²) in [6.45, 7) is 6.06. The summed E-state index contributed by atoms with van der Waals surface area (Å²) in [7, 11) is 0. The molecule has 1 unspecified atom stereocenters. The van der Waals surface area contributed by atoms with Crippen LogP contribution in [0.2, 0.25) is 0 Å². The van der Waals surface area contributed by atoms with Gasteiger partial charge in [0.1, 0.15) is 5.56 Å². The highest BCUT2D eigenvalue weighted by Gasteiger charge is 2.33. The van der Waals surface area contributed by atoms with Crippen molar-refractivity contribution < 1.29 is 14.7 Å². The Kier molecular flexibility index (Phi) is 6.02. The van der Waals surface area contributed by atoms with Crippen LogP contribution >= 0.6 is 0 Å². The average molecular weight is 373 g/mol. The van der Waals surface area contributed by atoms with E-state index in [2.05, 4.69) is 18.1 Å². The number of rotatable bonds is 5. The molecule has 1 heterocycles. The molecule has 1 N–H and O–H groups in total. The summed E-state index contributed by atoms with van der Waals surface area (Å²) < 4.78 is 1.67. The van der Waals surface area contributed by atoms with E-state index in [1.165, 1.54) is 6.42 Å². The minimum Gasteiger partial charge on any atom is -0.477 e. The second-order valence-corrected chi connectivity index (χ2v) is 8.33. The molecule has 0 bridgehead atoms. The smallest absolute Gasteiger partial charge is 0.341 e. The number of carbonyl (C=O) groups excluding carboxylic acids is 1. The molecule has 148 valence electrons. The van der Waals surface area contributed by atoms with Crippen LogP contribution in [0.1, 0.15) is 82.5 Å². The van der Waals surface area contributed by atoms with Gasteiger partial charge in [0.2, 0.25) is 5.91 Å². The van der Waals surface area contributed by atoms with Crippen molar-refractivity contribution in [2.75, 3.05) is 4.90 Å². The van der Waals surface area contributed by atoms with Gasteiger partial charge in [-0.3, -0.25) is 9.69 Å². The first-order valence-corrected chi connectivity index (χ1v) is 10.2. The highest BCUT2D eigenvalue weighted by atomic mass is 16.4. The lowest BCUT2D eigenvalue weighted by Gasteiger charge is -2.31. The molecule has 1 amide bonds. The van der Waals surface area contributed by atoms with Gasteiger partial charge in [-0.25, -0.2) is 9.48 Å². The third-order valence-electron chi connectivity index (χ3n) is 5.80. The fourth-order valence-electron chi connectivity index (χ4n) is 4.15. The summed E-state index contributed by atoms with van der Waals surface area (Å²) in [5, 5.41) is 14.3. The van der Waals surface area contributed by atoms with E-state index >= 15 is 0 Å². The minimum absolute atomic E-state index is 0.0173. The van der Waals surface area contributed by atoms with Crippen LogP contribution in [-0.2, 0) is 4.79 Å². The molecule has 3 rings (SSSR count). The monoisotopic (exact) mass is 373 g/mol. The van der Waals surface area contributed by atoms with E-state index in [0.717, 1.165) is 50.6 Å². The van der Waals surface area contributed by atoms with Crippen molar-refractivity contribution in [3.8, 4) is 0 Å². The van der Waals surface area contributed by atoms with Crippen LogP contribution in [0.3, 0.4) is 0 Å². The Morgan fingerprint density at radius 1 is 1.22 bits per heavy atom. The zero-order chi connectivity index (χ0) is 19.6. The number of anilines is 1. The molecule has 1 fully saturated rings. The van der Waals surface area contributed by atoms with Gasteiger partial charge >= 0.3 is 5.97 Å². The molecule has 0 radical (unpaired) electrons. The van der Waals surface area contributed by atoms with Crippen molar-refractivity contribution in [3.05, 3.63) is 17.8 Å². The number of carboxylic acid groups (broad SMARTS) is 1. The summed E-state index contributed by atoms with van der Waals surface area (Å²) in [6, 6.07) is -0.138. The standard InChI is InChI=1S/C21H31N3O3/c1-14(2)24(20(25)16-7-5-4-6-8-16)19-18(21(26)27)13-23(22-19)17-11-9-15(3)10-12-17/h11,13-16H,4-10,12H2,1-3H3,(H,26,27). The molecule has 6 nitrogen and oxygen atoms in total. The second-order valence-electron chi connectivity index (χ2n) is 8.33. The molecule has 2 aliphatic carbocycles. The first-order valence-electron chi connectivity index (χ1n) is 10.2. The maximum atomic E-state index is 13.2. The molecule has 1 saturated carbocycles. The number of hydrogen-bond donors (Lipinski definition) is 1. The summed E-state index contributed by atoms with van der Waals surface area (Å²) in [6.07, 6.45) is 11.7. The van der Waals surface area contributed by atoms with Crippen molar-refractivity contribution in [2.45, 2.75) is 78.2 Å². The molecule has 27 heavy (non-hydrogen) atoms. The summed E-state index contributed by atoms with van der Waals surface area (Å²) in [4.78, 5) is 26.7. The molecular weight excluding hydrogens is 342 g/mol. The molecule has 0 spiro atoms. The predicted octanol–water partition coefficient (Wildman–Crippen LogP) is 4.56. The third kappa shape index (κ3) is 4.25. The third-order valence-corrected chi connectivity index (χ3v) is 5.80. The van der Waals surface area contributed by atoms with Crippen LogP contribution in [0, 0.1) is 11.8 Å². The number of nitrogens with zero attached hydrogens (tertiary/aromatic N) is 3. The largest absolute Gasteiger partial charge is 0.477 e. The highest BCUT2D eigenvalue weighted by Crippen LogP contribution is 2.32. The van der Waals surface area contributed by atoms with Gasteiger partial charge in [0.15, 0.2) is 5.82 Å². The van der Waals surface area contributed by atoms with Gasteiger partial charge in [0, 0.05) is 23.9 Å². The number of carboxylic acids is 1. The summed E-state index contributed by atoms with van der Waals surface area (Å²) in [5.74, 6) is -0.120. The molecule has 1 aromatic heterocycles. The highest BCUT2D eigenvalue weighted by molar-refractivity contribution is 6.01. The van der Waals surface area contributed by atoms with Gasteiger partial charge in [0.05, 0.1) is 0 Å². The van der Waals surface area contributed by atoms with Crippen LogP contribution in [0.25, 0.3) is 5.70 Å². The van der Waals surface area contributed by atoms with Crippen molar-refractivity contribution >= 4 is 23.4 Å². The quantitative estimate of drug-likeness (QED) is 0.821. The molecule has 1 aromatic rings. The number of amides is 1. The Balaban J connectivity index is 1.96. The van der Waals surface area contributed by atoms with Gasteiger partial charge in [-0.1, -0.05) is 32.3 Å². The van der Waals surface area contributed by atoms with E-state index in [1.807, 2.05) is 13.8 Å². The van der Waals surface area contributed by atoms with Gasteiger partial charge in [-0.05, 0) is 51.9 Å². The maximum Gasteiger partial charge on any atom is 0.341 e. The lowest BCUT2D eigenvalue weighted by Crippen LogP contribution is -2.42. The number of allylic oxidation sites excluding steroid dienone is 2. The normalized spacial score (nSPS) is 21.2. The van der Waals surface area contributed by atoms with Crippen LogP contribution < -0.4 is 4.90 Å². The summed E-state index contributed by atoms with van der Waals surface area (Å²) >= 11 is 0. The molecule has 0 saturated heterocycles. The summed E-state index contributed by atoms with van der Waals surface area (Å²) in [5.41, 5.74) is 1.13. The Morgan fingerprint density at radius 3 is 2.48 bits per heavy atom. The first kappa shape index (κ1) is 19.6. The van der Waals surface area contributed by atoms with E-state index in [1.54, 1.807) is 15.8 Å². The van der Waals surface area contributed by atoms with Crippen LogP contribution in [0.4, 0.5) is 5.82 Å². The Hall–Kier alpha value is -2.11. The van der Waals surface area contributed by atoms with Crippen LogP contribution in [0.15, 0.2) is 12.3 Å². The SMILES string of the molecule is CC1CC=C(n2cc(C(=O)O)c(N(C(=O)C3CCCCC3)C(C)C)n2)CC1. The van der Waals surface area contributed by atoms with Gasteiger partial charge in [0.25, 0.3) is 0 Å². The van der Waals surface area contributed by atoms with E-state index in [9.17, 15) is 14.7 Å². The number of hydrogen-bond acceptors (Lipinski definition) is 3. The lowest BCUT2D eigenvalue weighted by atomic mass is 9.88. The zero-order valence-corrected chi connectivity index (χ0v) is 16.6. The van der Waals surface area contributed by atoms with E-state index in [4.69, 9.17) is 0 Å². The molecule has 6 heteroatoms. The van der Waals surface area contributed by atoms with Gasteiger partial charge in [-0.2, -0.15) is 0 Å². The van der Waals surface area contributed by atoms with Crippen molar-refractivity contribution in [1.29, 1.82) is 0 Å². The Morgan fingerprint density at radius 2 is 1.93 bits per heavy atom. The fourth-order valence-corrected chi connectivity index (χ4v) is 4.15. The average Bonchev–Trinajstić information content (AvgIpc) is 3.08. The van der Waals surface area contributed by atoms with Crippen molar-refractivity contribution in [1.82, 2.24) is 9.78 Å². The molecular formula is C21H31N3O3. The number of aromatic carboxylic acids is 1. The second kappa shape index (κ2) is 8.28. The fraction of sp³-hybridized carbons (Fsp3) is 0.667. The van der Waals surface area contributed by atoms with Crippen molar-refractivity contribution in [2.24, 2.45) is 11.8 Å². The van der Waals surface area contributed by atoms with E-state index in [0.29, 0.717) is 5.92 Å².